The van der Waals surface area contributed by atoms with Crippen LogP contribution in [0.2, 0.25) is 5.28 Å². The zero-order valence-corrected chi connectivity index (χ0v) is 29.9. The second kappa shape index (κ2) is 25.1. The average molecular weight is 617 g/mol. The Morgan fingerprint density at radius 3 is 2.02 bits per heavy atom. The lowest BCUT2D eigenvalue weighted by molar-refractivity contribution is 0.308. The van der Waals surface area contributed by atoms with Gasteiger partial charge in [-0.2, -0.15) is 9.61 Å². The molecule has 4 nitrogen and oxygen atoms in total. The maximum absolute atomic E-state index is 13.2. The lowest BCUT2D eigenvalue weighted by atomic mass is 9.84. The van der Waals surface area contributed by atoms with E-state index in [4.69, 9.17) is 11.6 Å². The number of hydrogen-bond donors (Lipinski definition) is 0. The number of aryl methyl sites for hydroxylation is 2. The summed E-state index contributed by atoms with van der Waals surface area (Å²) in [6.45, 7) is 21.7. The summed E-state index contributed by atoms with van der Waals surface area (Å²) in [4.78, 5) is 0. The highest BCUT2D eigenvalue weighted by atomic mass is 35.5. The standard InChI is InChI=1S/C11H13F.C8H16.C8H18.C6H5ClN4.C4H10/c1-3-6-10-9(4-2)7-5-8-11(10)12;1-7-3-5-8(2)6-4-7;1-4-6-7-8(3)5-2;1-4-2-3-5-8-9-6(7)11(5)10-4;1-3-4-2/h3,5-8H,4H2,1-2H3;7-8H,3-6H2,1-2H3;8H,4-7H2,1-3H3;2-3H,1H3;3-4H2,1-2H3/b6-3-;;;;. The van der Waals surface area contributed by atoms with Gasteiger partial charge in [-0.1, -0.05) is 144 Å². The monoisotopic (exact) mass is 616 g/mol. The van der Waals surface area contributed by atoms with Crippen LogP contribution in [-0.2, 0) is 6.42 Å². The number of benzene rings is 1. The van der Waals surface area contributed by atoms with Gasteiger partial charge in [-0.3, -0.25) is 0 Å². The van der Waals surface area contributed by atoms with Crippen molar-refractivity contribution in [3.8, 4) is 0 Å². The molecule has 0 amide bonds. The van der Waals surface area contributed by atoms with Gasteiger partial charge in [0.2, 0.25) is 5.28 Å². The number of rotatable bonds is 7. The second-order valence-electron chi connectivity index (χ2n) is 11.9. The molecule has 0 saturated heterocycles. The Labute approximate surface area is 268 Å². The van der Waals surface area contributed by atoms with E-state index in [1.165, 1.54) is 74.8 Å². The van der Waals surface area contributed by atoms with E-state index in [1.54, 1.807) is 6.07 Å². The highest BCUT2D eigenvalue weighted by molar-refractivity contribution is 6.28. The minimum absolute atomic E-state index is 0.132. The molecule has 2 aromatic heterocycles. The summed E-state index contributed by atoms with van der Waals surface area (Å²) in [5.74, 6) is 2.86. The third kappa shape index (κ3) is 18.2. The number of halogens is 2. The van der Waals surface area contributed by atoms with Crippen LogP contribution in [0.4, 0.5) is 4.39 Å². The van der Waals surface area contributed by atoms with Crippen LogP contribution in [0, 0.1) is 30.5 Å². The van der Waals surface area contributed by atoms with Crippen molar-refractivity contribution in [1.29, 1.82) is 0 Å². The number of fused-ring (bicyclic) bond motifs is 1. The molecular formula is C37H62ClFN4. The van der Waals surface area contributed by atoms with Crippen molar-refractivity contribution in [1.82, 2.24) is 19.8 Å². The Morgan fingerprint density at radius 1 is 0.930 bits per heavy atom. The number of unbranched alkanes of at least 4 members (excludes halogenated alkanes) is 2. The fourth-order valence-electron chi connectivity index (χ4n) is 4.28. The van der Waals surface area contributed by atoms with Crippen molar-refractivity contribution in [3.63, 3.8) is 0 Å². The van der Waals surface area contributed by atoms with Crippen LogP contribution in [0.1, 0.15) is 143 Å². The Hall–Kier alpha value is -2.27. The zero-order valence-electron chi connectivity index (χ0n) is 29.1. The second-order valence-corrected chi connectivity index (χ2v) is 12.2. The average Bonchev–Trinajstić information content (AvgIpc) is 3.38. The van der Waals surface area contributed by atoms with Gasteiger partial charge in [0.15, 0.2) is 5.65 Å². The Kier molecular flexibility index (Phi) is 23.8. The molecule has 244 valence electrons. The molecule has 1 unspecified atom stereocenters. The first-order valence-corrected chi connectivity index (χ1v) is 17.2. The molecule has 1 saturated carbocycles. The van der Waals surface area contributed by atoms with Crippen LogP contribution in [0.25, 0.3) is 11.7 Å². The number of nitrogens with zero attached hydrogens (tertiary/aromatic N) is 4. The van der Waals surface area contributed by atoms with Gasteiger partial charge in [-0.15, -0.1) is 10.2 Å². The van der Waals surface area contributed by atoms with Gasteiger partial charge in [-0.05, 0) is 73.4 Å². The summed E-state index contributed by atoms with van der Waals surface area (Å²) >= 11 is 5.67. The van der Waals surface area contributed by atoms with Crippen LogP contribution >= 0.6 is 11.6 Å². The summed E-state index contributed by atoms with van der Waals surface area (Å²) in [6, 6.07) is 8.88. The van der Waals surface area contributed by atoms with E-state index in [0.29, 0.717) is 10.9 Å². The molecule has 0 N–H and O–H groups in total. The maximum Gasteiger partial charge on any atom is 0.246 e. The van der Waals surface area contributed by atoms with Gasteiger partial charge in [0.05, 0.1) is 5.69 Å². The molecule has 0 spiro atoms. The zero-order chi connectivity index (χ0) is 32.6. The molecule has 1 aliphatic rings. The van der Waals surface area contributed by atoms with Gasteiger partial charge in [0.1, 0.15) is 5.82 Å². The fraction of sp³-hybridized carbons (Fsp3) is 0.649. The molecule has 43 heavy (non-hydrogen) atoms. The van der Waals surface area contributed by atoms with E-state index in [9.17, 15) is 4.39 Å². The molecule has 1 aliphatic carbocycles. The van der Waals surface area contributed by atoms with Crippen LogP contribution in [0.3, 0.4) is 0 Å². The van der Waals surface area contributed by atoms with E-state index in [-0.39, 0.29) is 5.82 Å². The van der Waals surface area contributed by atoms with Crippen LogP contribution in [-0.4, -0.2) is 19.8 Å². The molecule has 1 atom stereocenters. The van der Waals surface area contributed by atoms with Crippen LogP contribution in [0.15, 0.2) is 36.4 Å². The minimum Gasteiger partial charge on any atom is -0.206 e. The van der Waals surface area contributed by atoms with E-state index >= 15 is 0 Å². The molecule has 1 aromatic carbocycles. The number of aromatic nitrogens is 4. The molecule has 2 heterocycles. The summed E-state index contributed by atoms with van der Waals surface area (Å²) in [5.41, 5.74) is 3.34. The predicted octanol–water partition coefficient (Wildman–Crippen LogP) is 12.4. The maximum atomic E-state index is 13.2. The summed E-state index contributed by atoms with van der Waals surface area (Å²) in [5, 5.41) is 11.8. The van der Waals surface area contributed by atoms with E-state index in [1.807, 2.05) is 51.1 Å². The smallest absolute Gasteiger partial charge is 0.206 e. The van der Waals surface area contributed by atoms with E-state index < -0.39 is 0 Å². The molecule has 0 bridgehead atoms. The van der Waals surface area contributed by atoms with Crippen molar-refractivity contribution < 1.29 is 4.39 Å². The van der Waals surface area contributed by atoms with Crippen molar-refractivity contribution in [2.45, 2.75) is 140 Å². The summed E-state index contributed by atoms with van der Waals surface area (Å²) in [6.07, 6.45) is 18.6. The van der Waals surface area contributed by atoms with Crippen molar-refractivity contribution in [2.75, 3.05) is 0 Å². The minimum atomic E-state index is -0.132. The molecule has 0 radical (unpaired) electrons. The highest BCUT2D eigenvalue weighted by Crippen LogP contribution is 2.27. The van der Waals surface area contributed by atoms with E-state index in [0.717, 1.165) is 41.0 Å². The largest absolute Gasteiger partial charge is 0.246 e. The third-order valence-electron chi connectivity index (χ3n) is 7.77. The number of allylic oxidation sites excluding steroid dienone is 1. The normalized spacial score (nSPS) is 16.5. The Morgan fingerprint density at radius 2 is 1.53 bits per heavy atom. The van der Waals surface area contributed by atoms with Crippen molar-refractivity contribution in [2.24, 2.45) is 17.8 Å². The van der Waals surface area contributed by atoms with Gasteiger partial charge in [0, 0.05) is 5.56 Å². The lowest BCUT2D eigenvalue weighted by Gasteiger charge is -2.22. The first-order chi connectivity index (χ1) is 20.6. The molecule has 6 heteroatoms. The Balaban J connectivity index is 0.000000532. The van der Waals surface area contributed by atoms with Gasteiger partial charge in [0.25, 0.3) is 0 Å². The molecular weight excluding hydrogens is 555 g/mol. The SMILES string of the molecule is C/C=C\c1c(F)cccc1CC.CC1CCC(C)CC1.CCCC.CCCCC(C)CC.Cc1ccc2nnc(Cl)n2n1. The van der Waals surface area contributed by atoms with Crippen LogP contribution < -0.4 is 0 Å². The quantitative estimate of drug-likeness (QED) is 0.265. The van der Waals surface area contributed by atoms with Crippen LogP contribution in [0.5, 0.6) is 0 Å². The van der Waals surface area contributed by atoms with Crippen molar-refractivity contribution >= 4 is 23.3 Å². The van der Waals surface area contributed by atoms with Crippen molar-refractivity contribution in [3.05, 3.63) is 64.3 Å². The topological polar surface area (TPSA) is 43.1 Å². The van der Waals surface area contributed by atoms with Gasteiger partial charge >= 0.3 is 0 Å². The first-order valence-electron chi connectivity index (χ1n) is 16.8. The first kappa shape index (κ1) is 40.7. The molecule has 3 aromatic rings. The third-order valence-corrected chi connectivity index (χ3v) is 8.00. The molecule has 4 rings (SSSR count). The highest BCUT2D eigenvalue weighted by Gasteiger charge is 2.13. The predicted molar refractivity (Wildman–Crippen MR) is 187 cm³/mol. The van der Waals surface area contributed by atoms with E-state index in [2.05, 4.69) is 63.8 Å². The van der Waals surface area contributed by atoms with Gasteiger partial charge in [-0.25, -0.2) is 4.39 Å². The molecule has 0 aliphatic heterocycles. The summed E-state index contributed by atoms with van der Waals surface area (Å²) in [7, 11) is 0. The van der Waals surface area contributed by atoms with Gasteiger partial charge < -0.3 is 0 Å². The summed E-state index contributed by atoms with van der Waals surface area (Å²) < 4.78 is 14.7. The number of hydrogen-bond acceptors (Lipinski definition) is 3. The lowest BCUT2D eigenvalue weighted by Crippen LogP contribution is -2.08. The fourth-order valence-corrected chi connectivity index (χ4v) is 4.44. The Bertz CT molecular complexity index is 1100. The molecule has 1 fully saturated rings.